The van der Waals surface area contributed by atoms with Crippen molar-refractivity contribution in [2.45, 2.75) is 52.4 Å². The van der Waals surface area contributed by atoms with Gasteiger partial charge < -0.3 is 0 Å². The van der Waals surface area contributed by atoms with Crippen LogP contribution in [0.5, 0.6) is 0 Å². The molecule has 0 aromatic rings. The summed E-state index contributed by atoms with van der Waals surface area (Å²) in [6.07, 6.45) is 5.90. The molecule has 12 heavy (non-hydrogen) atoms. The zero-order valence-electron chi connectivity index (χ0n) is 8.06. The van der Waals surface area contributed by atoms with Crippen molar-refractivity contribution >= 4 is 22.9 Å². The molecule has 0 aliphatic carbocycles. The van der Waals surface area contributed by atoms with Gasteiger partial charge in [0.15, 0.2) is 0 Å². The van der Waals surface area contributed by atoms with Gasteiger partial charge in [-0.3, -0.25) is 4.79 Å². The highest BCUT2D eigenvalue weighted by molar-refractivity contribution is 7.80. The van der Waals surface area contributed by atoms with Crippen molar-refractivity contribution in [3.05, 3.63) is 0 Å². The topological polar surface area (TPSA) is 17.1 Å². The molecule has 0 heterocycles. The number of ketones is 1. The predicted octanol–water partition coefficient (Wildman–Crippen LogP) is 3.31. The lowest BCUT2D eigenvalue weighted by Crippen LogP contribution is -2.02. The van der Waals surface area contributed by atoms with Crippen LogP contribution >= 0.6 is 12.2 Å². The second-order valence-corrected chi connectivity index (χ2v) is 3.93. The summed E-state index contributed by atoms with van der Waals surface area (Å²) < 4.78 is 0. The van der Waals surface area contributed by atoms with Gasteiger partial charge in [-0.2, -0.15) is 0 Å². The molecule has 0 radical (unpaired) electrons. The van der Waals surface area contributed by atoms with Crippen molar-refractivity contribution in [1.29, 1.82) is 0 Å². The van der Waals surface area contributed by atoms with E-state index in [9.17, 15) is 4.79 Å². The van der Waals surface area contributed by atoms with E-state index in [1.165, 1.54) is 19.3 Å². The molecule has 0 rings (SSSR count). The maximum atomic E-state index is 11.1. The molecule has 0 saturated carbocycles. The van der Waals surface area contributed by atoms with Gasteiger partial charge in [-0.15, -0.1) is 0 Å². The number of unbranched alkanes of at least 4 members (excludes halogenated alkanes) is 3. The Hall–Kier alpha value is -0.240. The first kappa shape index (κ1) is 11.8. The van der Waals surface area contributed by atoms with E-state index in [4.69, 9.17) is 12.2 Å². The average Bonchev–Trinajstić information content (AvgIpc) is 1.97. The van der Waals surface area contributed by atoms with Crippen LogP contribution in [0, 0.1) is 0 Å². The molecule has 0 fully saturated rings. The molecular weight excluding hydrogens is 168 g/mol. The molecule has 0 atom stereocenters. The molecule has 0 saturated heterocycles. The summed E-state index contributed by atoms with van der Waals surface area (Å²) in [5.41, 5.74) is 0. The molecule has 70 valence electrons. The summed E-state index contributed by atoms with van der Waals surface area (Å²) in [5, 5.41) is 0. The number of Topliss-reactive ketones (excluding diaryl/α,β-unsaturated/α-hetero) is 1. The molecular formula is C10H18OS. The van der Waals surface area contributed by atoms with E-state index in [1.54, 1.807) is 0 Å². The molecule has 0 aromatic heterocycles. The molecule has 1 nitrogen and oxygen atoms in total. The van der Waals surface area contributed by atoms with Crippen LogP contribution in [0.25, 0.3) is 0 Å². The number of carbonyl (C=O) groups is 1. The summed E-state index contributed by atoms with van der Waals surface area (Å²) in [7, 11) is 0. The van der Waals surface area contributed by atoms with Crippen LogP contribution in [-0.2, 0) is 4.79 Å². The van der Waals surface area contributed by atoms with Crippen molar-refractivity contribution in [3.63, 3.8) is 0 Å². The highest BCUT2D eigenvalue weighted by atomic mass is 32.1. The molecule has 0 aromatic carbocycles. The van der Waals surface area contributed by atoms with E-state index >= 15 is 0 Å². The van der Waals surface area contributed by atoms with Gasteiger partial charge in [-0.25, -0.2) is 0 Å². The summed E-state index contributed by atoms with van der Waals surface area (Å²) in [6, 6.07) is 0. The van der Waals surface area contributed by atoms with Crippen LogP contribution in [0.4, 0.5) is 0 Å². The standard InChI is InChI=1S/C10H18OS/c1-3-4-5-6-7-10(11)8-9(2)12/h3-8H2,1-2H3. The van der Waals surface area contributed by atoms with Gasteiger partial charge in [0, 0.05) is 12.8 Å². The van der Waals surface area contributed by atoms with Gasteiger partial charge in [0.2, 0.25) is 0 Å². The van der Waals surface area contributed by atoms with Crippen LogP contribution in [0.2, 0.25) is 0 Å². The van der Waals surface area contributed by atoms with Crippen LogP contribution in [0.15, 0.2) is 0 Å². The molecule has 0 aliphatic heterocycles. The Morgan fingerprint density at radius 1 is 1.25 bits per heavy atom. The van der Waals surface area contributed by atoms with E-state index in [0.29, 0.717) is 18.6 Å². The Morgan fingerprint density at radius 2 is 1.92 bits per heavy atom. The number of rotatable bonds is 7. The first-order chi connectivity index (χ1) is 5.66. The van der Waals surface area contributed by atoms with E-state index in [0.717, 1.165) is 11.3 Å². The molecule has 0 amide bonds. The third kappa shape index (κ3) is 7.86. The van der Waals surface area contributed by atoms with Gasteiger partial charge in [-0.05, 0) is 18.2 Å². The van der Waals surface area contributed by atoms with Crippen molar-refractivity contribution in [2.24, 2.45) is 0 Å². The minimum Gasteiger partial charge on any atom is -0.299 e. The maximum Gasteiger partial charge on any atom is 0.137 e. The van der Waals surface area contributed by atoms with Crippen molar-refractivity contribution in [2.75, 3.05) is 0 Å². The Kier molecular flexibility index (Phi) is 7.26. The van der Waals surface area contributed by atoms with E-state index < -0.39 is 0 Å². The average molecular weight is 186 g/mol. The highest BCUT2D eigenvalue weighted by Gasteiger charge is 2.01. The minimum absolute atomic E-state index is 0.304. The van der Waals surface area contributed by atoms with E-state index in [2.05, 4.69) is 6.92 Å². The zero-order valence-corrected chi connectivity index (χ0v) is 8.88. The number of thiocarbonyl (C=S) groups is 1. The molecule has 0 spiro atoms. The lowest BCUT2D eigenvalue weighted by Gasteiger charge is -1.98. The first-order valence-electron chi connectivity index (χ1n) is 4.68. The van der Waals surface area contributed by atoms with Crippen LogP contribution in [-0.4, -0.2) is 10.6 Å². The second kappa shape index (κ2) is 7.41. The Morgan fingerprint density at radius 3 is 2.42 bits per heavy atom. The van der Waals surface area contributed by atoms with Gasteiger partial charge in [0.05, 0.1) is 0 Å². The SMILES string of the molecule is CCCCCCC(=O)CC(C)=S. The molecule has 0 aliphatic rings. The largest absolute Gasteiger partial charge is 0.299 e. The summed E-state index contributed by atoms with van der Waals surface area (Å²) >= 11 is 4.85. The van der Waals surface area contributed by atoms with E-state index in [1.807, 2.05) is 6.92 Å². The fourth-order valence-corrected chi connectivity index (χ4v) is 1.28. The fraction of sp³-hybridized carbons (Fsp3) is 0.800. The molecule has 2 heteroatoms. The van der Waals surface area contributed by atoms with Gasteiger partial charge in [-0.1, -0.05) is 38.4 Å². The fourth-order valence-electron chi connectivity index (χ4n) is 1.11. The quantitative estimate of drug-likeness (QED) is 0.448. The van der Waals surface area contributed by atoms with Crippen LogP contribution in [0.3, 0.4) is 0 Å². The lowest BCUT2D eigenvalue weighted by molar-refractivity contribution is -0.118. The Bertz CT molecular complexity index is 152. The Balaban J connectivity index is 3.26. The number of carbonyl (C=O) groups excluding carboxylic acids is 1. The second-order valence-electron chi connectivity index (χ2n) is 3.23. The smallest absolute Gasteiger partial charge is 0.137 e. The van der Waals surface area contributed by atoms with Crippen molar-refractivity contribution < 1.29 is 4.79 Å². The van der Waals surface area contributed by atoms with Crippen LogP contribution < -0.4 is 0 Å². The van der Waals surface area contributed by atoms with Crippen molar-refractivity contribution in [3.8, 4) is 0 Å². The van der Waals surface area contributed by atoms with Crippen molar-refractivity contribution in [1.82, 2.24) is 0 Å². The third-order valence-corrected chi connectivity index (χ3v) is 1.90. The maximum absolute atomic E-state index is 11.1. The zero-order chi connectivity index (χ0) is 9.40. The lowest BCUT2D eigenvalue weighted by atomic mass is 10.1. The third-order valence-electron chi connectivity index (χ3n) is 1.76. The first-order valence-corrected chi connectivity index (χ1v) is 5.08. The summed E-state index contributed by atoms with van der Waals surface area (Å²) in [6.45, 7) is 4.00. The molecule has 0 unspecified atom stereocenters. The van der Waals surface area contributed by atoms with Gasteiger partial charge >= 0.3 is 0 Å². The number of hydrogen-bond donors (Lipinski definition) is 0. The highest BCUT2D eigenvalue weighted by Crippen LogP contribution is 2.04. The molecule has 0 N–H and O–H groups in total. The van der Waals surface area contributed by atoms with Crippen LogP contribution in [0.1, 0.15) is 52.4 Å². The Labute approximate surface area is 80.5 Å². The normalized spacial score (nSPS) is 9.83. The number of hydrogen-bond acceptors (Lipinski definition) is 2. The van der Waals surface area contributed by atoms with Gasteiger partial charge in [0.25, 0.3) is 0 Å². The molecule has 0 bridgehead atoms. The monoisotopic (exact) mass is 186 g/mol. The van der Waals surface area contributed by atoms with E-state index in [-0.39, 0.29) is 0 Å². The summed E-state index contributed by atoms with van der Waals surface area (Å²) in [4.78, 5) is 11.9. The predicted molar refractivity (Wildman–Crippen MR) is 56.7 cm³/mol. The minimum atomic E-state index is 0.304. The van der Waals surface area contributed by atoms with Gasteiger partial charge in [0.1, 0.15) is 5.78 Å². The summed E-state index contributed by atoms with van der Waals surface area (Å²) in [5.74, 6) is 0.304.